The highest BCUT2D eigenvalue weighted by Crippen LogP contribution is 2.19. The van der Waals surface area contributed by atoms with Crippen molar-refractivity contribution in [3.05, 3.63) is 50.6 Å². The fourth-order valence-electron chi connectivity index (χ4n) is 2.71. The minimum atomic E-state index is 1.16. The molecule has 20 heavy (non-hydrogen) atoms. The van der Waals surface area contributed by atoms with Crippen LogP contribution in [0.3, 0.4) is 0 Å². The summed E-state index contributed by atoms with van der Waals surface area (Å²) < 4.78 is 1.22. The molecule has 4 heteroatoms. The van der Waals surface area contributed by atoms with Gasteiger partial charge in [0, 0.05) is 15.5 Å². The third-order valence-electron chi connectivity index (χ3n) is 3.92. The Balaban J connectivity index is 1.55. The summed E-state index contributed by atoms with van der Waals surface area (Å²) in [4.78, 5) is 5.69. The van der Waals surface area contributed by atoms with Crippen molar-refractivity contribution in [2.75, 3.05) is 31.1 Å². The number of nitrogens with one attached hydrogen (secondary N) is 1. The average molecular weight is 352 g/mol. The number of quaternary nitrogens is 1. The molecule has 1 aromatic heterocycles. The van der Waals surface area contributed by atoms with E-state index in [0.717, 1.165) is 19.6 Å². The molecule has 0 atom stereocenters. The van der Waals surface area contributed by atoms with Gasteiger partial charge in [0.1, 0.15) is 6.54 Å². The van der Waals surface area contributed by atoms with E-state index in [4.69, 9.17) is 0 Å². The minimum absolute atomic E-state index is 1.16. The molecule has 2 aromatic rings. The summed E-state index contributed by atoms with van der Waals surface area (Å²) in [6.07, 6.45) is 0. The van der Waals surface area contributed by atoms with E-state index < -0.39 is 0 Å². The summed E-state index contributed by atoms with van der Waals surface area (Å²) in [6, 6.07) is 11.2. The number of nitrogens with zero attached hydrogens (tertiary/aromatic N) is 1. The second kappa shape index (κ2) is 6.29. The van der Waals surface area contributed by atoms with E-state index in [9.17, 15) is 0 Å². The predicted octanol–water partition coefficient (Wildman–Crippen LogP) is 2.72. The number of anilines is 1. The van der Waals surface area contributed by atoms with Crippen molar-refractivity contribution in [1.82, 2.24) is 0 Å². The third-order valence-corrected chi connectivity index (χ3v) is 5.61. The normalized spacial score (nSPS) is 16.6. The lowest BCUT2D eigenvalue weighted by atomic mass is 10.2. The van der Waals surface area contributed by atoms with Gasteiger partial charge in [-0.3, -0.25) is 0 Å². The topological polar surface area (TPSA) is 7.68 Å². The first-order valence-corrected chi connectivity index (χ1v) is 8.76. The van der Waals surface area contributed by atoms with Gasteiger partial charge in [-0.05, 0) is 41.1 Å². The highest BCUT2D eigenvalue weighted by Gasteiger charge is 2.20. The first-order valence-electron chi connectivity index (χ1n) is 7.09. The number of aryl methyl sites for hydroxylation is 1. The molecule has 0 aliphatic carbocycles. The number of halogens is 1. The number of benzene rings is 1. The quantitative estimate of drug-likeness (QED) is 0.893. The molecule has 1 aromatic carbocycles. The van der Waals surface area contributed by atoms with Gasteiger partial charge in [0.25, 0.3) is 0 Å². The van der Waals surface area contributed by atoms with Gasteiger partial charge in [0.2, 0.25) is 0 Å². The molecule has 106 valence electrons. The second-order valence-corrected chi connectivity index (χ2v) is 7.39. The van der Waals surface area contributed by atoms with E-state index >= 15 is 0 Å². The van der Waals surface area contributed by atoms with Crippen molar-refractivity contribution < 1.29 is 4.90 Å². The molecule has 3 rings (SSSR count). The molecule has 1 saturated heterocycles. The summed E-state index contributed by atoms with van der Waals surface area (Å²) >= 11 is 5.40. The summed E-state index contributed by atoms with van der Waals surface area (Å²) in [5.74, 6) is 0. The van der Waals surface area contributed by atoms with Gasteiger partial charge >= 0.3 is 0 Å². The SMILES string of the molecule is Cc1ccc(N2CC[NH+](Cc3cc(Br)cs3)CC2)cc1. The Bertz CT molecular complexity index is 556. The van der Waals surface area contributed by atoms with Crippen molar-refractivity contribution in [2.45, 2.75) is 13.5 Å². The third kappa shape index (κ3) is 3.43. The van der Waals surface area contributed by atoms with Crippen LogP contribution in [-0.4, -0.2) is 26.2 Å². The molecular formula is C16H20BrN2S+. The van der Waals surface area contributed by atoms with Gasteiger partial charge in [-0.15, -0.1) is 11.3 Å². The van der Waals surface area contributed by atoms with Crippen LogP contribution in [-0.2, 0) is 6.54 Å². The zero-order valence-corrected chi connectivity index (χ0v) is 14.1. The molecule has 0 bridgehead atoms. The van der Waals surface area contributed by atoms with Gasteiger partial charge < -0.3 is 9.80 Å². The Kier molecular flexibility index (Phi) is 4.44. The fraction of sp³-hybridized carbons (Fsp3) is 0.375. The van der Waals surface area contributed by atoms with Crippen LogP contribution in [0, 0.1) is 6.92 Å². The Labute approximate surface area is 133 Å². The maximum atomic E-state index is 3.54. The van der Waals surface area contributed by atoms with E-state index in [2.05, 4.69) is 63.5 Å². The first-order chi connectivity index (χ1) is 9.70. The van der Waals surface area contributed by atoms with Gasteiger partial charge in [-0.2, -0.15) is 0 Å². The number of hydrogen-bond acceptors (Lipinski definition) is 2. The lowest BCUT2D eigenvalue weighted by molar-refractivity contribution is -0.914. The maximum absolute atomic E-state index is 3.54. The van der Waals surface area contributed by atoms with Crippen LogP contribution in [0.5, 0.6) is 0 Å². The fourth-order valence-corrected chi connectivity index (χ4v) is 4.23. The smallest absolute Gasteiger partial charge is 0.112 e. The van der Waals surface area contributed by atoms with Crippen LogP contribution >= 0.6 is 27.3 Å². The van der Waals surface area contributed by atoms with Crippen molar-refractivity contribution in [3.63, 3.8) is 0 Å². The van der Waals surface area contributed by atoms with Crippen molar-refractivity contribution in [1.29, 1.82) is 0 Å². The monoisotopic (exact) mass is 351 g/mol. The van der Waals surface area contributed by atoms with Crippen molar-refractivity contribution in [2.24, 2.45) is 0 Å². The van der Waals surface area contributed by atoms with Gasteiger partial charge in [0.05, 0.1) is 31.1 Å². The van der Waals surface area contributed by atoms with E-state index in [-0.39, 0.29) is 0 Å². The van der Waals surface area contributed by atoms with E-state index in [1.54, 1.807) is 4.90 Å². The lowest BCUT2D eigenvalue weighted by Gasteiger charge is -2.33. The van der Waals surface area contributed by atoms with Crippen LogP contribution in [0.1, 0.15) is 10.4 Å². The Hall–Kier alpha value is -0.840. The first kappa shape index (κ1) is 14.1. The van der Waals surface area contributed by atoms with Crippen molar-refractivity contribution in [3.8, 4) is 0 Å². The maximum Gasteiger partial charge on any atom is 0.112 e. The molecule has 0 unspecified atom stereocenters. The Morgan fingerprint density at radius 2 is 1.90 bits per heavy atom. The summed E-state index contributed by atoms with van der Waals surface area (Å²) in [7, 11) is 0. The minimum Gasteiger partial charge on any atom is -0.360 e. The second-order valence-electron chi connectivity index (χ2n) is 5.48. The van der Waals surface area contributed by atoms with Crippen molar-refractivity contribution >= 4 is 33.0 Å². The van der Waals surface area contributed by atoms with Gasteiger partial charge in [0.15, 0.2) is 0 Å². The zero-order chi connectivity index (χ0) is 13.9. The van der Waals surface area contributed by atoms with Crippen LogP contribution in [0.2, 0.25) is 0 Å². The van der Waals surface area contributed by atoms with Crippen LogP contribution in [0.4, 0.5) is 5.69 Å². The average Bonchev–Trinajstić information content (AvgIpc) is 2.86. The zero-order valence-electron chi connectivity index (χ0n) is 11.7. The molecule has 1 aliphatic heterocycles. The number of hydrogen-bond donors (Lipinski definition) is 1. The van der Waals surface area contributed by atoms with Crippen LogP contribution in [0.25, 0.3) is 0 Å². The van der Waals surface area contributed by atoms with Gasteiger partial charge in [-0.1, -0.05) is 17.7 Å². The molecule has 2 nitrogen and oxygen atoms in total. The molecule has 0 saturated carbocycles. The molecule has 1 aliphatic rings. The van der Waals surface area contributed by atoms with E-state index in [1.165, 1.54) is 33.7 Å². The standard InChI is InChI=1S/C16H19BrN2S/c1-13-2-4-15(5-3-13)19-8-6-18(7-9-19)11-16-10-14(17)12-20-16/h2-5,10,12H,6-9,11H2,1H3/p+1. The summed E-state index contributed by atoms with van der Waals surface area (Å²) in [5.41, 5.74) is 2.70. The Morgan fingerprint density at radius 1 is 1.20 bits per heavy atom. The van der Waals surface area contributed by atoms with Gasteiger partial charge in [-0.25, -0.2) is 0 Å². The molecule has 0 spiro atoms. The largest absolute Gasteiger partial charge is 0.360 e. The summed E-state index contributed by atoms with van der Waals surface area (Å²) in [6.45, 7) is 8.08. The number of piperazine rings is 1. The molecule has 2 heterocycles. The van der Waals surface area contributed by atoms with E-state index in [0.29, 0.717) is 0 Å². The highest BCUT2D eigenvalue weighted by atomic mass is 79.9. The highest BCUT2D eigenvalue weighted by molar-refractivity contribution is 9.10. The van der Waals surface area contributed by atoms with Crippen LogP contribution in [0.15, 0.2) is 40.2 Å². The Morgan fingerprint density at radius 3 is 2.50 bits per heavy atom. The molecule has 0 radical (unpaired) electrons. The lowest BCUT2D eigenvalue weighted by Crippen LogP contribution is -3.13. The molecule has 0 amide bonds. The predicted molar refractivity (Wildman–Crippen MR) is 89.8 cm³/mol. The van der Waals surface area contributed by atoms with E-state index in [1.807, 2.05) is 11.3 Å². The molecule has 1 fully saturated rings. The molecule has 1 N–H and O–H groups in total. The number of rotatable bonds is 3. The summed E-state index contributed by atoms with van der Waals surface area (Å²) in [5, 5.41) is 2.18. The van der Waals surface area contributed by atoms with Crippen LogP contribution < -0.4 is 9.80 Å². The molecular weight excluding hydrogens is 332 g/mol. The number of thiophene rings is 1.